The summed E-state index contributed by atoms with van der Waals surface area (Å²) >= 11 is 0. The van der Waals surface area contributed by atoms with Gasteiger partial charge in [-0.25, -0.2) is 8.42 Å². The van der Waals surface area contributed by atoms with Crippen LogP contribution in [0.15, 0.2) is 0 Å². The third-order valence-electron chi connectivity index (χ3n) is 1.85. The molecule has 0 bridgehead atoms. The predicted octanol–water partition coefficient (Wildman–Crippen LogP) is 0.739. The molecule has 2 atom stereocenters. The van der Waals surface area contributed by atoms with Gasteiger partial charge in [0, 0.05) is 12.3 Å². The van der Waals surface area contributed by atoms with Crippen LogP contribution in [-0.2, 0) is 19.4 Å². The molecule has 102 valence electrons. The Kier molecular flexibility index (Phi) is 5.61. The Balaban J connectivity index is 4.26. The number of carbonyl (C=O) groups is 1. The van der Waals surface area contributed by atoms with Crippen LogP contribution in [0.2, 0.25) is 0 Å². The molecule has 0 aliphatic heterocycles. The van der Waals surface area contributed by atoms with E-state index in [4.69, 9.17) is 4.74 Å². The topological polar surface area (TPSA) is 72.5 Å². The van der Waals surface area contributed by atoms with Crippen LogP contribution < -0.4 is 5.32 Å². The van der Waals surface area contributed by atoms with Crippen molar-refractivity contribution >= 4 is 15.8 Å². The summed E-state index contributed by atoms with van der Waals surface area (Å²) in [6, 6.07) is -0.807. The fourth-order valence-corrected chi connectivity index (χ4v) is 2.39. The van der Waals surface area contributed by atoms with Gasteiger partial charge in [0.2, 0.25) is 0 Å². The summed E-state index contributed by atoms with van der Waals surface area (Å²) in [4.78, 5) is 11.6. The molecule has 17 heavy (non-hydrogen) atoms. The lowest BCUT2D eigenvalue weighted by atomic mass is 10.2. The summed E-state index contributed by atoms with van der Waals surface area (Å²) in [7, 11) is -3.04. The fourth-order valence-electron chi connectivity index (χ4n) is 1.39. The van der Waals surface area contributed by atoms with E-state index in [0.29, 0.717) is 0 Å². The van der Waals surface area contributed by atoms with Gasteiger partial charge >= 0.3 is 5.97 Å². The van der Waals surface area contributed by atoms with Crippen molar-refractivity contribution in [3.05, 3.63) is 0 Å². The molecule has 0 saturated heterocycles. The summed E-state index contributed by atoms with van der Waals surface area (Å²) < 4.78 is 27.3. The highest BCUT2D eigenvalue weighted by Crippen LogP contribution is 2.08. The van der Waals surface area contributed by atoms with E-state index in [1.54, 1.807) is 34.6 Å². The van der Waals surface area contributed by atoms with Gasteiger partial charge in [0.05, 0.1) is 5.75 Å². The lowest BCUT2D eigenvalue weighted by molar-refractivity contribution is -0.157. The molecule has 0 saturated carbocycles. The lowest BCUT2D eigenvalue weighted by Crippen LogP contribution is -2.45. The Morgan fingerprint density at radius 3 is 2.12 bits per heavy atom. The van der Waals surface area contributed by atoms with Crippen LogP contribution in [0.1, 0.15) is 34.6 Å². The number of esters is 1. The molecule has 0 aromatic rings. The van der Waals surface area contributed by atoms with E-state index >= 15 is 0 Å². The molecule has 6 heteroatoms. The molecular weight excluding hydrogens is 242 g/mol. The molecule has 0 spiro atoms. The van der Waals surface area contributed by atoms with Crippen LogP contribution in [0, 0.1) is 0 Å². The maximum atomic E-state index is 11.6. The average Bonchev–Trinajstić information content (AvgIpc) is 1.95. The van der Waals surface area contributed by atoms with Crippen LogP contribution in [0.4, 0.5) is 0 Å². The summed E-state index contributed by atoms with van der Waals surface area (Å²) in [6.45, 7) is 8.75. The molecule has 0 aromatic carbocycles. The molecule has 5 nitrogen and oxygen atoms in total. The molecule has 0 amide bonds. The van der Waals surface area contributed by atoms with Crippen LogP contribution in [0.5, 0.6) is 0 Å². The molecule has 0 aliphatic carbocycles. The van der Waals surface area contributed by atoms with Crippen molar-refractivity contribution in [1.29, 1.82) is 0 Å². The van der Waals surface area contributed by atoms with E-state index in [2.05, 4.69) is 5.32 Å². The number of hydrogen-bond acceptors (Lipinski definition) is 5. The van der Waals surface area contributed by atoms with Gasteiger partial charge in [0.25, 0.3) is 0 Å². The number of carbonyl (C=O) groups excluding carboxylic acids is 1. The Hall–Kier alpha value is -0.620. The van der Waals surface area contributed by atoms with E-state index in [0.717, 1.165) is 0 Å². The Bertz CT molecular complexity index is 356. The van der Waals surface area contributed by atoms with Gasteiger partial charge in [0.15, 0.2) is 0 Å². The SMILES string of the molecule is CC(CS(C)(=O)=O)NC(C)C(=O)OC(C)(C)C. The Labute approximate surface area is 104 Å². The Morgan fingerprint density at radius 2 is 1.76 bits per heavy atom. The zero-order chi connectivity index (χ0) is 13.9. The minimum atomic E-state index is -3.04. The van der Waals surface area contributed by atoms with Gasteiger partial charge in [-0.1, -0.05) is 0 Å². The largest absolute Gasteiger partial charge is 0.459 e. The molecule has 0 heterocycles. The molecule has 2 unspecified atom stereocenters. The van der Waals surface area contributed by atoms with Crippen molar-refractivity contribution in [1.82, 2.24) is 5.32 Å². The first-order chi connectivity index (χ1) is 7.41. The molecular formula is C11H23NO4S. The fraction of sp³-hybridized carbons (Fsp3) is 0.909. The third kappa shape index (κ3) is 9.12. The van der Waals surface area contributed by atoms with Gasteiger partial charge in [-0.3, -0.25) is 4.79 Å². The maximum Gasteiger partial charge on any atom is 0.323 e. The molecule has 0 fully saturated rings. The molecule has 0 aromatic heterocycles. The van der Waals surface area contributed by atoms with Crippen molar-refractivity contribution in [2.45, 2.75) is 52.3 Å². The first kappa shape index (κ1) is 16.4. The molecule has 1 N–H and O–H groups in total. The van der Waals surface area contributed by atoms with Crippen LogP contribution in [0.3, 0.4) is 0 Å². The first-order valence-corrected chi connectivity index (χ1v) is 7.63. The second-order valence-corrected chi connectivity index (χ2v) is 7.60. The van der Waals surface area contributed by atoms with Crippen molar-refractivity contribution in [2.75, 3.05) is 12.0 Å². The number of sulfone groups is 1. The quantitative estimate of drug-likeness (QED) is 0.742. The second-order valence-electron chi connectivity index (χ2n) is 5.42. The second kappa shape index (κ2) is 5.82. The van der Waals surface area contributed by atoms with Gasteiger partial charge in [-0.15, -0.1) is 0 Å². The smallest absolute Gasteiger partial charge is 0.323 e. The van der Waals surface area contributed by atoms with Gasteiger partial charge in [-0.05, 0) is 34.6 Å². The van der Waals surface area contributed by atoms with E-state index in [-0.39, 0.29) is 17.8 Å². The summed E-state index contributed by atoms with van der Waals surface area (Å²) in [5.74, 6) is -0.377. The minimum Gasteiger partial charge on any atom is -0.459 e. The highest BCUT2D eigenvalue weighted by Gasteiger charge is 2.23. The highest BCUT2D eigenvalue weighted by atomic mass is 32.2. The average molecular weight is 265 g/mol. The highest BCUT2D eigenvalue weighted by molar-refractivity contribution is 7.90. The zero-order valence-electron chi connectivity index (χ0n) is 11.4. The van der Waals surface area contributed by atoms with Gasteiger partial charge in [-0.2, -0.15) is 0 Å². The number of ether oxygens (including phenoxy) is 1. The van der Waals surface area contributed by atoms with Crippen LogP contribution >= 0.6 is 0 Å². The molecule has 0 radical (unpaired) electrons. The lowest BCUT2D eigenvalue weighted by Gasteiger charge is -2.24. The van der Waals surface area contributed by atoms with Crippen molar-refractivity contribution in [3.63, 3.8) is 0 Å². The van der Waals surface area contributed by atoms with Crippen LogP contribution in [-0.4, -0.2) is 44.1 Å². The summed E-state index contributed by atoms with van der Waals surface area (Å²) in [5, 5.41) is 2.91. The minimum absolute atomic E-state index is 0.000137. The number of rotatable bonds is 5. The van der Waals surface area contributed by atoms with Crippen molar-refractivity contribution in [3.8, 4) is 0 Å². The maximum absolute atomic E-state index is 11.6. The standard InChI is InChI=1S/C11H23NO4S/c1-8(7-17(6,14)15)12-9(2)10(13)16-11(3,4)5/h8-9,12H,7H2,1-6H3. The predicted molar refractivity (Wildman–Crippen MR) is 67.6 cm³/mol. The monoisotopic (exact) mass is 265 g/mol. The zero-order valence-corrected chi connectivity index (χ0v) is 12.2. The van der Waals surface area contributed by atoms with Crippen LogP contribution in [0.25, 0.3) is 0 Å². The van der Waals surface area contributed by atoms with E-state index in [1.807, 2.05) is 0 Å². The van der Waals surface area contributed by atoms with Gasteiger partial charge in [0.1, 0.15) is 21.5 Å². The van der Waals surface area contributed by atoms with E-state index in [9.17, 15) is 13.2 Å². The number of hydrogen-bond donors (Lipinski definition) is 1. The Morgan fingerprint density at radius 1 is 1.29 bits per heavy atom. The summed E-state index contributed by atoms with van der Waals surface area (Å²) in [5.41, 5.74) is -0.535. The first-order valence-electron chi connectivity index (χ1n) is 5.57. The van der Waals surface area contributed by atoms with E-state index < -0.39 is 21.5 Å². The normalized spacial score (nSPS) is 16.4. The molecule has 0 aliphatic rings. The summed E-state index contributed by atoms with van der Waals surface area (Å²) in [6.07, 6.45) is 1.17. The van der Waals surface area contributed by atoms with Gasteiger partial charge < -0.3 is 10.1 Å². The third-order valence-corrected chi connectivity index (χ3v) is 2.95. The van der Waals surface area contributed by atoms with E-state index in [1.165, 1.54) is 6.26 Å². The molecule has 0 rings (SSSR count). The van der Waals surface area contributed by atoms with Crippen molar-refractivity contribution < 1.29 is 17.9 Å². The van der Waals surface area contributed by atoms with Crippen molar-refractivity contribution in [2.24, 2.45) is 0 Å². The number of nitrogens with one attached hydrogen (secondary N) is 1.